The minimum Gasteiger partial charge on any atom is -0.493 e. The van der Waals surface area contributed by atoms with Crippen LogP contribution < -0.4 is 10.1 Å². The number of likely N-dealkylation sites (N-methyl/N-ethyl adjacent to an activating group) is 1. The van der Waals surface area contributed by atoms with Crippen LogP contribution in [0.25, 0.3) is 5.69 Å². The van der Waals surface area contributed by atoms with Gasteiger partial charge in [0.15, 0.2) is 11.4 Å². The van der Waals surface area contributed by atoms with Gasteiger partial charge < -0.3 is 15.0 Å². The van der Waals surface area contributed by atoms with Crippen LogP contribution in [0.2, 0.25) is 0 Å². The highest BCUT2D eigenvalue weighted by molar-refractivity contribution is 5.95. The number of rotatable bonds is 7. The van der Waals surface area contributed by atoms with Crippen LogP contribution in [0.4, 0.5) is 0 Å². The molecule has 1 N–H and O–H groups in total. The van der Waals surface area contributed by atoms with Gasteiger partial charge in [-0.3, -0.25) is 4.79 Å². The van der Waals surface area contributed by atoms with Crippen molar-refractivity contribution in [1.82, 2.24) is 20.0 Å². The maximum Gasteiger partial charge on any atom is 0.275 e. The average molecular weight is 364 g/mol. The molecule has 0 fully saturated rings. The van der Waals surface area contributed by atoms with E-state index >= 15 is 0 Å². The van der Waals surface area contributed by atoms with Gasteiger partial charge in [-0.2, -0.15) is 5.10 Å². The van der Waals surface area contributed by atoms with Crippen LogP contribution in [0.1, 0.15) is 22.1 Å². The molecule has 6 nitrogen and oxygen atoms in total. The number of carbonyl (C=O) groups excluding carboxylic acids is 1. The summed E-state index contributed by atoms with van der Waals surface area (Å²) in [6, 6.07) is 19.8. The van der Waals surface area contributed by atoms with Crippen molar-refractivity contribution in [3.63, 3.8) is 0 Å². The summed E-state index contributed by atoms with van der Waals surface area (Å²) in [5, 5.41) is 7.39. The Hall–Kier alpha value is -3.12. The van der Waals surface area contributed by atoms with Gasteiger partial charge in [0.05, 0.1) is 25.0 Å². The quantitative estimate of drug-likeness (QED) is 0.700. The van der Waals surface area contributed by atoms with Crippen molar-refractivity contribution < 1.29 is 9.53 Å². The van der Waals surface area contributed by atoms with E-state index in [1.165, 1.54) is 7.11 Å². The molecule has 0 unspecified atom stereocenters. The molecule has 0 saturated carbocycles. The van der Waals surface area contributed by atoms with Gasteiger partial charge in [-0.1, -0.05) is 48.5 Å². The standard InChI is InChI=1S/C21H24N4O2/c1-24(2)18(16-10-6-4-7-11-16)14-22-21(26)20-19(27-3)15-25(23-20)17-12-8-5-9-13-17/h4-13,15,18H,14H2,1-3H3,(H,22,26)/t18-/m1/s1. The zero-order chi connectivity index (χ0) is 19.2. The Balaban J connectivity index is 1.76. The maximum absolute atomic E-state index is 12.7. The fraction of sp³-hybridized carbons (Fsp3) is 0.238. The van der Waals surface area contributed by atoms with Crippen LogP contribution in [0, 0.1) is 0 Å². The first-order valence-electron chi connectivity index (χ1n) is 8.79. The van der Waals surface area contributed by atoms with Crippen LogP contribution >= 0.6 is 0 Å². The van der Waals surface area contributed by atoms with Crippen LogP contribution in [-0.4, -0.2) is 48.3 Å². The molecule has 0 aliphatic rings. The summed E-state index contributed by atoms with van der Waals surface area (Å²) in [5.41, 5.74) is 2.28. The minimum atomic E-state index is -0.260. The molecule has 1 amide bonds. The van der Waals surface area contributed by atoms with Gasteiger partial charge >= 0.3 is 0 Å². The number of aromatic nitrogens is 2. The van der Waals surface area contributed by atoms with Crippen molar-refractivity contribution in [2.24, 2.45) is 0 Å². The molecule has 0 saturated heterocycles. The van der Waals surface area contributed by atoms with Gasteiger partial charge in [0.1, 0.15) is 0 Å². The molecule has 3 aromatic rings. The van der Waals surface area contributed by atoms with E-state index in [1.807, 2.05) is 62.6 Å². The number of carbonyl (C=O) groups is 1. The highest BCUT2D eigenvalue weighted by Crippen LogP contribution is 2.21. The van der Waals surface area contributed by atoms with Crippen molar-refractivity contribution in [3.8, 4) is 11.4 Å². The Kier molecular flexibility index (Phi) is 5.88. The first-order valence-corrected chi connectivity index (χ1v) is 8.79. The number of nitrogens with one attached hydrogen (secondary N) is 1. The van der Waals surface area contributed by atoms with Gasteiger partial charge in [-0.05, 0) is 31.8 Å². The maximum atomic E-state index is 12.7. The van der Waals surface area contributed by atoms with E-state index in [1.54, 1.807) is 10.9 Å². The van der Waals surface area contributed by atoms with E-state index in [0.29, 0.717) is 12.3 Å². The van der Waals surface area contributed by atoms with Crippen LogP contribution in [-0.2, 0) is 0 Å². The lowest BCUT2D eigenvalue weighted by Gasteiger charge is -2.25. The van der Waals surface area contributed by atoms with Crippen LogP contribution in [0.3, 0.4) is 0 Å². The number of hydrogen-bond donors (Lipinski definition) is 1. The zero-order valence-electron chi connectivity index (χ0n) is 15.8. The van der Waals surface area contributed by atoms with E-state index in [4.69, 9.17) is 4.74 Å². The Morgan fingerprint density at radius 2 is 1.74 bits per heavy atom. The molecule has 1 atom stereocenters. The van der Waals surface area contributed by atoms with Gasteiger partial charge in [0, 0.05) is 6.54 Å². The SMILES string of the molecule is COc1cn(-c2ccccc2)nc1C(=O)NC[C@H](c1ccccc1)N(C)C. The Bertz CT molecular complexity index is 876. The number of amides is 1. The number of hydrogen-bond acceptors (Lipinski definition) is 4. The highest BCUT2D eigenvalue weighted by atomic mass is 16.5. The number of ether oxygens (including phenoxy) is 1. The Labute approximate surface area is 159 Å². The summed E-state index contributed by atoms with van der Waals surface area (Å²) in [4.78, 5) is 14.8. The number of methoxy groups -OCH3 is 1. The van der Waals surface area contributed by atoms with Gasteiger partial charge in [0.25, 0.3) is 5.91 Å². The lowest BCUT2D eigenvalue weighted by atomic mass is 10.1. The van der Waals surface area contributed by atoms with Gasteiger partial charge in [-0.15, -0.1) is 0 Å². The molecule has 0 radical (unpaired) electrons. The summed E-state index contributed by atoms with van der Waals surface area (Å²) in [5.74, 6) is 0.182. The van der Waals surface area contributed by atoms with E-state index in [0.717, 1.165) is 11.3 Å². The molecular formula is C21H24N4O2. The molecule has 1 heterocycles. The van der Waals surface area contributed by atoms with Crippen molar-refractivity contribution >= 4 is 5.91 Å². The third-order valence-corrected chi connectivity index (χ3v) is 4.40. The van der Waals surface area contributed by atoms with Crippen molar-refractivity contribution in [3.05, 3.63) is 78.1 Å². The smallest absolute Gasteiger partial charge is 0.275 e. The minimum absolute atomic E-state index is 0.0670. The summed E-state index contributed by atoms with van der Waals surface area (Å²) in [6.45, 7) is 0.469. The second-order valence-electron chi connectivity index (χ2n) is 6.43. The summed E-state index contributed by atoms with van der Waals surface area (Å²) in [6.07, 6.45) is 1.71. The van der Waals surface area contributed by atoms with Crippen LogP contribution in [0.15, 0.2) is 66.9 Å². The largest absolute Gasteiger partial charge is 0.493 e. The fourth-order valence-electron chi connectivity index (χ4n) is 2.92. The van der Waals surface area contributed by atoms with Gasteiger partial charge in [-0.25, -0.2) is 4.68 Å². The van der Waals surface area contributed by atoms with Crippen molar-refractivity contribution in [2.45, 2.75) is 6.04 Å². The molecule has 0 bridgehead atoms. The topological polar surface area (TPSA) is 59.4 Å². The molecule has 0 aliphatic heterocycles. The van der Waals surface area contributed by atoms with Crippen LogP contribution in [0.5, 0.6) is 5.75 Å². The summed E-state index contributed by atoms with van der Waals surface area (Å²) in [7, 11) is 5.53. The third-order valence-electron chi connectivity index (χ3n) is 4.40. The lowest BCUT2D eigenvalue weighted by Crippen LogP contribution is -2.34. The third kappa shape index (κ3) is 4.35. The molecule has 27 heavy (non-hydrogen) atoms. The molecule has 140 valence electrons. The average Bonchev–Trinajstić information content (AvgIpc) is 3.14. The second-order valence-corrected chi connectivity index (χ2v) is 6.43. The molecule has 6 heteroatoms. The molecule has 0 aliphatic carbocycles. The molecule has 0 spiro atoms. The van der Waals surface area contributed by atoms with Crippen molar-refractivity contribution in [2.75, 3.05) is 27.7 Å². The first-order chi connectivity index (χ1) is 13.1. The molecule has 2 aromatic carbocycles. The van der Waals surface area contributed by atoms with E-state index in [-0.39, 0.29) is 17.6 Å². The van der Waals surface area contributed by atoms with Gasteiger partial charge in [0.2, 0.25) is 0 Å². The zero-order valence-corrected chi connectivity index (χ0v) is 15.8. The monoisotopic (exact) mass is 364 g/mol. The first kappa shape index (κ1) is 18.7. The summed E-state index contributed by atoms with van der Waals surface area (Å²) >= 11 is 0. The van der Waals surface area contributed by atoms with E-state index < -0.39 is 0 Å². The predicted molar refractivity (Wildman–Crippen MR) is 105 cm³/mol. The number of para-hydroxylation sites is 1. The Morgan fingerprint density at radius 1 is 1.11 bits per heavy atom. The highest BCUT2D eigenvalue weighted by Gasteiger charge is 2.21. The van der Waals surface area contributed by atoms with E-state index in [2.05, 4.69) is 27.4 Å². The lowest BCUT2D eigenvalue weighted by molar-refractivity contribution is 0.0933. The molecular weight excluding hydrogens is 340 g/mol. The second kappa shape index (κ2) is 8.51. The summed E-state index contributed by atoms with van der Waals surface area (Å²) < 4.78 is 7.00. The van der Waals surface area contributed by atoms with E-state index in [9.17, 15) is 4.79 Å². The van der Waals surface area contributed by atoms with Crippen molar-refractivity contribution in [1.29, 1.82) is 0 Å². The predicted octanol–water partition coefficient (Wildman–Crippen LogP) is 2.91. The molecule has 1 aromatic heterocycles. The normalized spacial score (nSPS) is 12.0. The molecule has 3 rings (SSSR count). The fourth-order valence-corrected chi connectivity index (χ4v) is 2.92. The number of nitrogens with zero attached hydrogens (tertiary/aromatic N) is 3. The number of benzene rings is 2. The Morgan fingerprint density at radius 3 is 2.33 bits per heavy atom.